The number of allylic oxidation sites excluding steroid dienone is 3. The van der Waals surface area contributed by atoms with Crippen molar-refractivity contribution in [3.05, 3.63) is 172 Å². The van der Waals surface area contributed by atoms with Crippen molar-refractivity contribution in [3.8, 4) is 33.4 Å². The van der Waals surface area contributed by atoms with Crippen LogP contribution in [0, 0.1) is 20.8 Å². The first-order chi connectivity index (χ1) is 58.5. The lowest BCUT2D eigenvalue weighted by Crippen LogP contribution is -2.41. The van der Waals surface area contributed by atoms with Gasteiger partial charge in [-0.05, 0) is 253 Å². The zero-order chi connectivity index (χ0) is 92.7. The van der Waals surface area contributed by atoms with Gasteiger partial charge in [-0.2, -0.15) is 34.8 Å². The molecule has 2 amide bonds. The largest absolute Gasteiger partial charge is 0.523 e. The van der Waals surface area contributed by atoms with Gasteiger partial charge in [0.1, 0.15) is 34.4 Å². The zero-order valence-corrected chi connectivity index (χ0v) is 75.9. The number of hydrogen-bond donors (Lipinski definition) is 0. The summed E-state index contributed by atoms with van der Waals surface area (Å²) in [6.07, 6.45) is 14.2. The first-order valence-corrected chi connectivity index (χ1v) is 42.7. The summed E-state index contributed by atoms with van der Waals surface area (Å²) in [7, 11) is 5.62. The van der Waals surface area contributed by atoms with Gasteiger partial charge in [-0.1, -0.05) is 25.0 Å². The minimum Gasteiger partial charge on any atom is -0.462 e. The number of nitrogens with zero attached hydrogens (tertiary/aromatic N) is 11. The highest BCUT2D eigenvalue weighted by Crippen LogP contribution is 2.41. The highest BCUT2D eigenvalue weighted by atomic mass is 32.2. The van der Waals surface area contributed by atoms with Crippen molar-refractivity contribution in [2.75, 3.05) is 110 Å². The first kappa shape index (κ1) is 101. The smallest absolute Gasteiger partial charge is 0.462 e. The number of rotatable bonds is 17. The number of ether oxygens (including phenoxy) is 5. The third-order valence-electron chi connectivity index (χ3n) is 20.9. The maximum absolute atomic E-state index is 13.1. The molecule has 3 fully saturated rings. The quantitative estimate of drug-likeness (QED) is 0.0204. The molecule has 3 aliphatic rings. The average Bonchev–Trinajstić information content (AvgIpc) is 1.66. The molecule has 0 unspecified atom stereocenters. The molecular formula is C93H119F6N11O15S. The van der Waals surface area contributed by atoms with Crippen LogP contribution in [0.5, 0.6) is 0 Å². The Kier molecular flexibility index (Phi) is 34.7. The molecule has 0 spiro atoms. The Morgan fingerprint density at radius 3 is 1.06 bits per heavy atom. The van der Waals surface area contributed by atoms with E-state index in [2.05, 4.69) is 78.4 Å². The maximum atomic E-state index is 13.1. The predicted molar refractivity (Wildman–Crippen MR) is 478 cm³/mol. The standard InChI is InChI=1S/C31H40N4O4.C27H33N3O2.C21H23N3O3.C10H17NO3.C3H2F6O3S.CH4/c1-9-38-29(36)25-19-26-24(23-10-14-32-27(18-23)33(7)8)13-17-35(26)28(21(25)3)20(2)22-11-15-34(16-12-22)30(37)39-31(4,5)6;1-6-32-27(31)23-17-24-22(21-12-14-28-25(16-21)29(4)5)13-15-30(24)26(19(23)3)18(2)20-10-8-7-9-11-20;1-6-27-21(26)17-12-18-16(15-7-9-22-19(11-15)23(4)5)8-10-24(18)20(13(17)2)14(3)25;1-10(2,3)14-9(13)11-6-4-8(12)5-7-11;4-2(5,6)1-12-13(10,11)3(7,8)9;/h10,13-14,17-19H,9,11-12,15-16H2,1-8H3;12-17H,6-11H2,1-5H3;7-12H,6H2,1-5H3;4-7H2,1-3H3;1H2;1H4. The van der Waals surface area contributed by atoms with Gasteiger partial charge in [-0.25, -0.2) is 38.9 Å². The van der Waals surface area contributed by atoms with E-state index in [1.165, 1.54) is 42.9 Å². The number of amides is 2. The van der Waals surface area contributed by atoms with Crippen molar-refractivity contribution in [2.24, 2.45) is 0 Å². The van der Waals surface area contributed by atoms with Crippen LogP contribution in [0.3, 0.4) is 0 Å². The molecule has 2 saturated heterocycles. The SMILES string of the molecule is C.CC(C)(C)OC(=O)N1CCC(=O)CC1.CCOC(=O)c1cc2c(-c3ccnc(N(C)C)c3)ccn2c(C(C)=C2CCCCC2)c1C.CCOC(=O)c1cc2c(-c3ccnc(N(C)C)c3)ccn2c(C(C)=C2CCN(C(=O)OC(C)(C)C)CC2)c1C.CCOC(=O)c1cc2c(-c3ccnc(N(C)C)c3)ccn2c(C(C)=O)c1C.O=S(=O)(OCC(F)(F)F)C(F)(F)F. The van der Waals surface area contributed by atoms with E-state index < -0.39 is 45.6 Å². The average molecular weight is 1780 g/mol. The van der Waals surface area contributed by atoms with Gasteiger partial charge in [0.15, 0.2) is 12.4 Å². The molecule has 0 N–H and O–H groups in total. The molecule has 1 saturated carbocycles. The van der Waals surface area contributed by atoms with E-state index in [0.29, 0.717) is 80.2 Å². The number of likely N-dealkylation sites (tertiary alicyclic amines) is 2. The molecule has 9 aromatic heterocycles. The number of carbonyl (C=O) groups excluding carboxylic acids is 7. The van der Waals surface area contributed by atoms with Crippen LogP contribution >= 0.6 is 0 Å². The summed E-state index contributed by atoms with van der Waals surface area (Å²) in [6, 6.07) is 23.9. The summed E-state index contributed by atoms with van der Waals surface area (Å²) in [5, 5.41) is 0. The fourth-order valence-electron chi connectivity index (χ4n) is 14.7. The lowest BCUT2D eigenvalue weighted by Gasteiger charge is -2.32. The van der Waals surface area contributed by atoms with Crippen LogP contribution in [-0.2, 0) is 42.8 Å². The number of alkyl halides is 6. The molecule has 684 valence electrons. The van der Waals surface area contributed by atoms with E-state index >= 15 is 0 Å². The van der Waals surface area contributed by atoms with Crippen LogP contribution in [-0.4, -0.2) is 206 Å². The van der Waals surface area contributed by atoms with Crippen molar-refractivity contribution in [1.82, 2.24) is 38.0 Å². The summed E-state index contributed by atoms with van der Waals surface area (Å²) >= 11 is 0. The van der Waals surface area contributed by atoms with Gasteiger partial charge in [-0.15, -0.1) is 0 Å². The second-order valence-corrected chi connectivity index (χ2v) is 34.5. The lowest BCUT2D eigenvalue weighted by atomic mass is 9.88. The summed E-state index contributed by atoms with van der Waals surface area (Å²) < 4.78 is 123. The molecule has 11 heterocycles. The minimum absolute atomic E-state index is 0. The Balaban J connectivity index is 0.000000228. The first-order valence-electron chi connectivity index (χ1n) is 41.3. The Morgan fingerprint density at radius 2 is 0.762 bits per heavy atom. The van der Waals surface area contributed by atoms with Crippen LogP contribution in [0.25, 0.3) is 61.1 Å². The molecule has 9 aromatic rings. The van der Waals surface area contributed by atoms with Gasteiger partial charge in [0.05, 0.1) is 70.1 Å². The number of carbonyl (C=O) groups is 7. The molecule has 26 nitrogen and oxygen atoms in total. The Morgan fingerprint density at radius 1 is 0.452 bits per heavy atom. The molecule has 33 heteroatoms. The highest BCUT2D eigenvalue weighted by molar-refractivity contribution is 7.87. The topological polar surface area (TPSA) is 277 Å². The van der Waals surface area contributed by atoms with E-state index in [0.717, 1.165) is 121 Å². The fourth-order valence-corrected chi connectivity index (χ4v) is 15.1. The maximum Gasteiger partial charge on any atom is 0.523 e. The second kappa shape index (κ2) is 43.1. The second-order valence-electron chi connectivity index (χ2n) is 32.9. The number of piperidine rings is 2. The number of fused-ring (bicyclic) bond motifs is 3. The summed E-state index contributed by atoms with van der Waals surface area (Å²) in [6.45, 7) is 28.9. The number of ketones is 2. The predicted octanol–water partition coefficient (Wildman–Crippen LogP) is 20.0. The Labute approximate surface area is 734 Å². The van der Waals surface area contributed by atoms with Gasteiger partial charge in [-0.3, -0.25) is 13.8 Å². The van der Waals surface area contributed by atoms with E-state index in [9.17, 15) is 68.3 Å². The number of Topliss-reactive ketones (excluding diaryl/α,β-unsaturated/α-hetero) is 2. The number of esters is 3. The van der Waals surface area contributed by atoms with Gasteiger partial charge in [0, 0.05) is 142 Å². The molecule has 2 aliphatic heterocycles. The van der Waals surface area contributed by atoms with Crippen LogP contribution in [0.1, 0.15) is 218 Å². The van der Waals surface area contributed by atoms with E-state index in [1.54, 1.807) is 42.1 Å². The van der Waals surface area contributed by atoms with Gasteiger partial charge in [0.2, 0.25) is 0 Å². The number of hydrogen-bond acceptors (Lipinski definition) is 21. The highest BCUT2D eigenvalue weighted by Gasteiger charge is 2.49. The fraction of sp³-hybridized carbons (Fsp3) is 0.462. The number of aromatic nitrogens is 6. The molecule has 12 rings (SSSR count). The van der Waals surface area contributed by atoms with Crippen LogP contribution in [0.2, 0.25) is 0 Å². The number of anilines is 3. The molecule has 0 aromatic carbocycles. The molecule has 1 aliphatic carbocycles. The minimum atomic E-state index is -6.15. The third-order valence-corrected chi connectivity index (χ3v) is 21.9. The monoisotopic (exact) mass is 1780 g/mol. The van der Waals surface area contributed by atoms with Crippen LogP contribution in [0.15, 0.2) is 121 Å². The van der Waals surface area contributed by atoms with Crippen LogP contribution < -0.4 is 14.7 Å². The van der Waals surface area contributed by atoms with Gasteiger partial charge in [0.25, 0.3) is 0 Å². The number of pyridine rings is 6. The Bertz CT molecular complexity index is 5600. The summed E-state index contributed by atoms with van der Waals surface area (Å²) in [4.78, 5) is 108. The third kappa shape index (κ3) is 25.8. The molecule has 0 bridgehead atoms. The zero-order valence-electron chi connectivity index (χ0n) is 75.1. The number of halogens is 6. The summed E-state index contributed by atoms with van der Waals surface area (Å²) in [5.41, 5.74) is 13.9. The van der Waals surface area contributed by atoms with Gasteiger partial charge < -0.3 is 61.4 Å². The van der Waals surface area contributed by atoms with Gasteiger partial charge >= 0.3 is 51.9 Å². The van der Waals surface area contributed by atoms with Crippen molar-refractivity contribution in [3.63, 3.8) is 0 Å². The molecule has 126 heavy (non-hydrogen) atoms. The van der Waals surface area contributed by atoms with Crippen molar-refractivity contribution in [2.45, 2.75) is 192 Å². The normalized spacial score (nSPS) is 13.7. The lowest BCUT2D eigenvalue weighted by molar-refractivity contribution is -0.156. The molecule has 0 atom stereocenters. The van der Waals surface area contributed by atoms with E-state index in [-0.39, 0.29) is 49.7 Å². The Hall–Kier alpha value is -11.6. The van der Waals surface area contributed by atoms with Crippen molar-refractivity contribution >= 4 is 96.9 Å². The molecule has 0 radical (unpaired) electrons. The summed E-state index contributed by atoms with van der Waals surface area (Å²) in [5.74, 6) is 1.71. The van der Waals surface area contributed by atoms with E-state index in [4.69, 9.17) is 23.7 Å². The van der Waals surface area contributed by atoms with E-state index in [1.807, 2.05) is 185 Å². The van der Waals surface area contributed by atoms with Crippen LogP contribution in [0.4, 0.5) is 53.4 Å². The van der Waals surface area contributed by atoms with Crippen molar-refractivity contribution in [1.29, 1.82) is 0 Å². The van der Waals surface area contributed by atoms with Crippen molar-refractivity contribution < 1.29 is 96.2 Å². The molecular weight excluding hydrogens is 1660 g/mol.